The standard InChI is InChI=1S/C16H24N2O2.ClH/c1-11(2)13(17)15(20)18-10-16(8-9-16)14(19)12-6-4-3-5-7-12;/h3-7,11,13-14,19H,8-10,17H2,1-2H3,(H,18,20);1H/t13-,14?;/m0./s1. The molecule has 1 amide bonds. The van der Waals surface area contributed by atoms with Gasteiger partial charge in [0.25, 0.3) is 0 Å². The number of nitrogens with one attached hydrogen (secondary N) is 1. The first-order valence-electron chi connectivity index (χ1n) is 7.22. The van der Waals surface area contributed by atoms with Crippen LogP contribution in [-0.2, 0) is 4.79 Å². The predicted molar refractivity (Wildman–Crippen MR) is 86.1 cm³/mol. The predicted octanol–water partition coefficient (Wildman–Crippen LogP) is 2.02. The summed E-state index contributed by atoms with van der Waals surface area (Å²) in [4.78, 5) is 11.9. The minimum absolute atomic E-state index is 0. The summed E-state index contributed by atoms with van der Waals surface area (Å²) >= 11 is 0. The summed E-state index contributed by atoms with van der Waals surface area (Å²) in [5.74, 6) is -0.0178. The summed E-state index contributed by atoms with van der Waals surface area (Å²) in [5.41, 5.74) is 6.52. The minimum atomic E-state index is -0.528. The molecule has 1 aliphatic carbocycles. The average molecular weight is 313 g/mol. The summed E-state index contributed by atoms with van der Waals surface area (Å²) in [6.07, 6.45) is 1.33. The third-order valence-corrected chi connectivity index (χ3v) is 4.22. The van der Waals surface area contributed by atoms with Crippen molar-refractivity contribution in [1.82, 2.24) is 5.32 Å². The van der Waals surface area contributed by atoms with Gasteiger partial charge in [-0.1, -0.05) is 44.2 Å². The number of hydrogen-bond donors (Lipinski definition) is 3. The molecule has 0 heterocycles. The van der Waals surface area contributed by atoms with E-state index in [0.29, 0.717) is 6.54 Å². The van der Waals surface area contributed by atoms with Crippen molar-refractivity contribution in [2.45, 2.75) is 38.8 Å². The Morgan fingerprint density at radius 3 is 2.38 bits per heavy atom. The zero-order valence-corrected chi connectivity index (χ0v) is 13.4. The van der Waals surface area contributed by atoms with Crippen LogP contribution in [0, 0.1) is 11.3 Å². The van der Waals surface area contributed by atoms with Crippen LogP contribution in [-0.4, -0.2) is 23.6 Å². The number of benzene rings is 1. The van der Waals surface area contributed by atoms with E-state index in [2.05, 4.69) is 5.32 Å². The zero-order chi connectivity index (χ0) is 14.8. The fourth-order valence-electron chi connectivity index (χ4n) is 2.38. The summed E-state index contributed by atoms with van der Waals surface area (Å²) < 4.78 is 0. The normalized spacial score (nSPS) is 18.5. The Kier molecular flexibility index (Phi) is 6.20. The first-order chi connectivity index (χ1) is 9.46. The Morgan fingerprint density at radius 2 is 1.90 bits per heavy atom. The Morgan fingerprint density at radius 1 is 1.33 bits per heavy atom. The molecule has 2 rings (SSSR count). The molecule has 5 heteroatoms. The van der Waals surface area contributed by atoms with Crippen LogP contribution in [0.15, 0.2) is 30.3 Å². The van der Waals surface area contributed by atoms with Crippen molar-refractivity contribution in [3.05, 3.63) is 35.9 Å². The Labute approximate surface area is 132 Å². The second-order valence-electron chi connectivity index (χ2n) is 6.16. The number of aliphatic hydroxyl groups excluding tert-OH is 1. The number of amides is 1. The molecule has 4 N–H and O–H groups in total. The van der Waals surface area contributed by atoms with E-state index in [1.807, 2.05) is 44.2 Å². The fraction of sp³-hybridized carbons (Fsp3) is 0.562. The first kappa shape index (κ1) is 18.0. The van der Waals surface area contributed by atoms with Crippen LogP contribution >= 0.6 is 12.4 Å². The minimum Gasteiger partial charge on any atom is -0.388 e. The van der Waals surface area contributed by atoms with E-state index in [0.717, 1.165) is 18.4 Å². The molecule has 0 aliphatic heterocycles. The summed E-state index contributed by atoms with van der Waals surface area (Å²) in [5, 5.41) is 13.4. The van der Waals surface area contributed by atoms with Crippen molar-refractivity contribution in [2.24, 2.45) is 17.1 Å². The smallest absolute Gasteiger partial charge is 0.237 e. The van der Waals surface area contributed by atoms with Gasteiger partial charge in [-0.3, -0.25) is 4.79 Å². The highest BCUT2D eigenvalue weighted by atomic mass is 35.5. The molecule has 118 valence electrons. The van der Waals surface area contributed by atoms with E-state index in [9.17, 15) is 9.90 Å². The van der Waals surface area contributed by atoms with Crippen LogP contribution in [0.4, 0.5) is 0 Å². The van der Waals surface area contributed by atoms with Crippen molar-refractivity contribution in [3.63, 3.8) is 0 Å². The van der Waals surface area contributed by atoms with Crippen LogP contribution < -0.4 is 11.1 Å². The number of carbonyl (C=O) groups is 1. The third-order valence-electron chi connectivity index (χ3n) is 4.22. The second kappa shape index (κ2) is 7.25. The quantitative estimate of drug-likeness (QED) is 0.752. The van der Waals surface area contributed by atoms with E-state index in [1.165, 1.54) is 0 Å². The van der Waals surface area contributed by atoms with E-state index in [1.54, 1.807) is 0 Å². The van der Waals surface area contributed by atoms with Gasteiger partial charge in [0, 0.05) is 12.0 Å². The first-order valence-corrected chi connectivity index (χ1v) is 7.22. The lowest BCUT2D eigenvalue weighted by atomic mass is 9.92. The molecule has 2 atom stereocenters. The molecule has 1 saturated carbocycles. The maximum absolute atomic E-state index is 11.9. The number of hydrogen-bond acceptors (Lipinski definition) is 3. The van der Waals surface area contributed by atoms with Crippen LogP contribution in [0.2, 0.25) is 0 Å². The maximum Gasteiger partial charge on any atom is 0.237 e. The van der Waals surface area contributed by atoms with Gasteiger partial charge in [0.05, 0.1) is 12.1 Å². The van der Waals surface area contributed by atoms with E-state index in [4.69, 9.17) is 5.73 Å². The van der Waals surface area contributed by atoms with Crippen molar-refractivity contribution in [3.8, 4) is 0 Å². The van der Waals surface area contributed by atoms with E-state index in [-0.39, 0.29) is 29.6 Å². The van der Waals surface area contributed by atoms with Crippen LogP contribution in [0.5, 0.6) is 0 Å². The number of carbonyl (C=O) groups excluding carboxylic acids is 1. The van der Waals surface area contributed by atoms with Gasteiger partial charge >= 0.3 is 0 Å². The third kappa shape index (κ3) is 4.19. The highest BCUT2D eigenvalue weighted by Gasteiger charge is 2.49. The summed E-state index contributed by atoms with van der Waals surface area (Å²) in [7, 11) is 0. The van der Waals surface area contributed by atoms with Gasteiger partial charge in [-0.05, 0) is 24.3 Å². The number of rotatable bonds is 6. The largest absolute Gasteiger partial charge is 0.388 e. The highest BCUT2D eigenvalue weighted by Crippen LogP contribution is 2.54. The molecular formula is C16H25ClN2O2. The SMILES string of the molecule is CC(C)[C@H](N)C(=O)NCC1(C(O)c2ccccc2)CC1.Cl. The van der Waals surface area contributed by atoms with Gasteiger partial charge in [0.15, 0.2) is 0 Å². The topological polar surface area (TPSA) is 75.4 Å². The van der Waals surface area contributed by atoms with Gasteiger partial charge in [0.2, 0.25) is 5.91 Å². The molecule has 1 aromatic rings. The Hall–Kier alpha value is -1.10. The monoisotopic (exact) mass is 312 g/mol. The van der Waals surface area contributed by atoms with Gasteiger partial charge in [-0.25, -0.2) is 0 Å². The molecule has 0 bridgehead atoms. The van der Waals surface area contributed by atoms with E-state index >= 15 is 0 Å². The molecular weight excluding hydrogens is 288 g/mol. The lowest BCUT2D eigenvalue weighted by Crippen LogP contribution is -2.46. The molecule has 1 aliphatic rings. The van der Waals surface area contributed by atoms with Crippen LogP contribution in [0.3, 0.4) is 0 Å². The van der Waals surface area contributed by atoms with Crippen LogP contribution in [0.25, 0.3) is 0 Å². The molecule has 0 saturated heterocycles. The summed E-state index contributed by atoms with van der Waals surface area (Å²) in [6, 6.07) is 9.13. The number of aliphatic hydroxyl groups is 1. The van der Waals surface area contributed by atoms with Crippen molar-refractivity contribution < 1.29 is 9.90 Å². The molecule has 0 radical (unpaired) electrons. The molecule has 1 fully saturated rings. The molecule has 21 heavy (non-hydrogen) atoms. The fourth-order valence-corrected chi connectivity index (χ4v) is 2.38. The Balaban J connectivity index is 0.00000220. The van der Waals surface area contributed by atoms with Gasteiger partial charge in [0.1, 0.15) is 0 Å². The van der Waals surface area contributed by atoms with Gasteiger partial charge in [-0.15, -0.1) is 12.4 Å². The second-order valence-corrected chi connectivity index (χ2v) is 6.16. The Bertz CT molecular complexity index is 461. The number of nitrogens with two attached hydrogens (primary N) is 1. The molecule has 1 unspecified atom stereocenters. The van der Waals surface area contributed by atoms with Crippen LogP contribution in [0.1, 0.15) is 38.4 Å². The van der Waals surface area contributed by atoms with Crippen molar-refractivity contribution >= 4 is 18.3 Å². The molecule has 0 spiro atoms. The lowest BCUT2D eigenvalue weighted by molar-refractivity contribution is -0.123. The molecule has 4 nitrogen and oxygen atoms in total. The number of halogens is 1. The van der Waals surface area contributed by atoms with Crippen molar-refractivity contribution in [1.29, 1.82) is 0 Å². The molecule has 1 aromatic carbocycles. The lowest BCUT2D eigenvalue weighted by Gasteiger charge is -2.24. The van der Waals surface area contributed by atoms with Crippen molar-refractivity contribution in [2.75, 3.05) is 6.54 Å². The molecule has 0 aromatic heterocycles. The highest BCUT2D eigenvalue weighted by molar-refractivity contribution is 5.85. The van der Waals surface area contributed by atoms with E-state index < -0.39 is 12.1 Å². The zero-order valence-electron chi connectivity index (χ0n) is 12.6. The average Bonchev–Trinajstić information content (AvgIpc) is 3.25. The van der Waals surface area contributed by atoms with Gasteiger partial charge < -0.3 is 16.2 Å². The van der Waals surface area contributed by atoms with Gasteiger partial charge in [-0.2, -0.15) is 0 Å². The summed E-state index contributed by atoms with van der Waals surface area (Å²) in [6.45, 7) is 4.34. The maximum atomic E-state index is 11.9.